The summed E-state index contributed by atoms with van der Waals surface area (Å²) in [6.45, 7) is 6.81. The van der Waals surface area contributed by atoms with Crippen molar-refractivity contribution in [3.63, 3.8) is 0 Å². The van der Waals surface area contributed by atoms with Crippen molar-refractivity contribution in [2.75, 3.05) is 19.6 Å². The first-order valence-electron chi connectivity index (χ1n) is 6.31. The fourth-order valence-electron chi connectivity index (χ4n) is 2.27. The molecule has 1 saturated heterocycles. The molecule has 1 atom stereocenters. The highest BCUT2D eigenvalue weighted by Gasteiger charge is 2.11. The van der Waals surface area contributed by atoms with Gasteiger partial charge in [0.25, 0.3) is 0 Å². The first kappa shape index (κ1) is 12.1. The number of aryl methyl sites for hydroxylation is 1. The van der Waals surface area contributed by atoms with Gasteiger partial charge in [-0.1, -0.05) is 0 Å². The van der Waals surface area contributed by atoms with E-state index in [1.54, 1.807) is 0 Å². The van der Waals surface area contributed by atoms with Crippen molar-refractivity contribution in [2.45, 2.75) is 32.7 Å². The van der Waals surface area contributed by atoms with Crippen molar-refractivity contribution in [3.05, 3.63) is 21.9 Å². The minimum Gasteiger partial charge on any atom is -0.316 e. The maximum atomic E-state index is 3.54. The predicted octanol–water partition coefficient (Wildman–Crippen LogP) is 2.54. The van der Waals surface area contributed by atoms with Crippen molar-refractivity contribution < 1.29 is 0 Å². The number of rotatable bonds is 5. The molecule has 1 aliphatic rings. The SMILES string of the molecule is Cc1ccc(CNCCC2CCCNC2)s1. The van der Waals surface area contributed by atoms with Crippen LogP contribution in [0.3, 0.4) is 0 Å². The number of thiophene rings is 1. The second-order valence-corrected chi connectivity index (χ2v) is 6.06. The average molecular weight is 238 g/mol. The zero-order chi connectivity index (χ0) is 11.2. The molecule has 0 aromatic carbocycles. The molecular weight excluding hydrogens is 216 g/mol. The summed E-state index contributed by atoms with van der Waals surface area (Å²) in [4.78, 5) is 2.87. The number of nitrogens with one attached hydrogen (secondary N) is 2. The highest BCUT2D eigenvalue weighted by molar-refractivity contribution is 7.11. The fraction of sp³-hybridized carbons (Fsp3) is 0.692. The van der Waals surface area contributed by atoms with Gasteiger partial charge in [0, 0.05) is 16.3 Å². The second kappa shape index (κ2) is 6.38. The summed E-state index contributed by atoms with van der Waals surface area (Å²) in [5.74, 6) is 0.895. The van der Waals surface area contributed by atoms with Crippen LogP contribution in [-0.4, -0.2) is 19.6 Å². The molecular formula is C13H22N2S. The van der Waals surface area contributed by atoms with E-state index in [-0.39, 0.29) is 0 Å². The third kappa shape index (κ3) is 3.89. The predicted molar refractivity (Wildman–Crippen MR) is 71.0 cm³/mol. The Bertz CT molecular complexity index is 303. The zero-order valence-corrected chi connectivity index (χ0v) is 10.9. The molecule has 2 heterocycles. The molecule has 2 rings (SSSR count). The van der Waals surface area contributed by atoms with E-state index in [0.717, 1.165) is 19.0 Å². The van der Waals surface area contributed by atoms with Crippen LogP contribution in [0.2, 0.25) is 0 Å². The Morgan fingerprint density at radius 2 is 2.44 bits per heavy atom. The molecule has 1 aromatic heterocycles. The van der Waals surface area contributed by atoms with Crippen LogP contribution >= 0.6 is 11.3 Å². The van der Waals surface area contributed by atoms with E-state index < -0.39 is 0 Å². The molecule has 1 unspecified atom stereocenters. The minimum atomic E-state index is 0.895. The Kier molecular flexibility index (Phi) is 4.82. The number of hydrogen-bond donors (Lipinski definition) is 2. The fourth-order valence-corrected chi connectivity index (χ4v) is 3.13. The molecule has 16 heavy (non-hydrogen) atoms. The van der Waals surface area contributed by atoms with Crippen LogP contribution in [0.5, 0.6) is 0 Å². The van der Waals surface area contributed by atoms with Crippen molar-refractivity contribution >= 4 is 11.3 Å². The summed E-state index contributed by atoms with van der Waals surface area (Å²) in [6.07, 6.45) is 4.08. The number of hydrogen-bond acceptors (Lipinski definition) is 3. The van der Waals surface area contributed by atoms with Gasteiger partial charge in [-0.05, 0) is 63.9 Å². The minimum absolute atomic E-state index is 0.895. The van der Waals surface area contributed by atoms with Gasteiger partial charge in [0.2, 0.25) is 0 Å². The Labute approximate surface area is 102 Å². The van der Waals surface area contributed by atoms with Crippen LogP contribution in [0.25, 0.3) is 0 Å². The Morgan fingerprint density at radius 3 is 3.12 bits per heavy atom. The molecule has 3 heteroatoms. The lowest BCUT2D eigenvalue weighted by molar-refractivity contribution is 0.352. The van der Waals surface area contributed by atoms with E-state index >= 15 is 0 Å². The number of piperidine rings is 1. The molecule has 0 aliphatic carbocycles. The van der Waals surface area contributed by atoms with Gasteiger partial charge in [-0.15, -0.1) is 11.3 Å². The molecule has 0 radical (unpaired) electrons. The highest BCUT2D eigenvalue weighted by Crippen LogP contribution is 2.15. The average Bonchev–Trinajstić information content (AvgIpc) is 2.72. The van der Waals surface area contributed by atoms with Crippen LogP contribution in [-0.2, 0) is 6.54 Å². The molecule has 2 N–H and O–H groups in total. The summed E-state index contributed by atoms with van der Waals surface area (Å²) < 4.78 is 0. The van der Waals surface area contributed by atoms with E-state index in [9.17, 15) is 0 Å². The van der Waals surface area contributed by atoms with Crippen molar-refractivity contribution in [3.8, 4) is 0 Å². The zero-order valence-electron chi connectivity index (χ0n) is 10.1. The first-order valence-corrected chi connectivity index (χ1v) is 7.13. The standard InChI is InChI=1S/C13H22N2S/c1-11-4-5-13(16-11)10-15-8-6-12-3-2-7-14-9-12/h4-5,12,14-15H,2-3,6-10H2,1H3. The highest BCUT2D eigenvalue weighted by atomic mass is 32.1. The summed E-state index contributed by atoms with van der Waals surface area (Å²) in [6, 6.07) is 4.43. The van der Waals surface area contributed by atoms with Gasteiger partial charge in [0.05, 0.1) is 0 Å². The van der Waals surface area contributed by atoms with E-state index in [1.807, 2.05) is 11.3 Å². The van der Waals surface area contributed by atoms with Gasteiger partial charge in [-0.3, -0.25) is 0 Å². The second-order valence-electron chi connectivity index (χ2n) is 4.69. The van der Waals surface area contributed by atoms with Gasteiger partial charge in [0.1, 0.15) is 0 Å². The van der Waals surface area contributed by atoms with Gasteiger partial charge in [0.15, 0.2) is 0 Å². The Hall–Kier alpha value is -0.380. The topological polar surface area (TPSA) is 24.1 Å². The van der Waals surface area contributed by atoms with Crippen LogP contribution in [0.4, 0.5) is 0 Å². The summed E-state index contributed by atoms with van der Waals surface area (Å²) in [5.41, 5.74) is 0. The maximum absolute atomic E-state index is 3.54. The van der Waals surface area contributed by atoms with Crippen molar-refractivity contribution in [2.24, 2.45) is 5.92 Å². The van der Waals surface area contributed by atoms with Gasteiger partial charge >= 0.3 is 0 Å². The van der Waals surface area contributed by atoms with Gasteiger partial charge in [-0.25, -0.2) is 0 Å². The Morgan fingerprint density at radius 1 is 1.50 bits per heavy atom. The monoisotopic (exact) mass is 238 g/mol. The molecule has 0 amide bonds. The maximum Gasteiger partial charge on any atom is 0.0299 e. The lowest BCUT2D eigenvalue weighted by Gasteiger charge is -2.22. The quantitative estimate of drug-likeness (QED) is 0.770. The van der Waals surface area contributed by atoms with Crippen molar-refractivity contribution in [1.82, 2.24) is 10.6 Å². The van der Waals surface area contributed by atoms with Crippen molar-refractivity contribution in [1.29, 1.82) is 0 Å². The van der Waals surface area contributed by atoms with Crippen LogP contribution in [0.1, 0.15) is 29.0 Å². The van der Waals surface area contributed by atoms with E-state index in [4.69, 9.17) is 0 Å². The molecule has 0 spiro atoms. The summed E-state index contributed by atoms with van der Waals surface area (Å²) in [5, 5.41) is 7.02. The molecule has 0 bridgehead atoms. The molecule has 0 saturated carbocycles. The van der Waals surface area contributed by atoms with E-state index in [0.29, 0.717) is 0 Å². The molecule has 1 aromatic rings. The summed E-state index contributed by atoms with van der Waals surface area (Å²) >= 11 is 1.90. The first-order chi connectivity index (χ1) is 7.84. The lowest BCUT2D eigenvalue weighted by atomic mass is 9.96. The Balaban J connectivity index is 1.57. The van der Waals surface area contributed by atoms with Gasteiger partial charge < -0.3 is 10.6 Å². The normalized spacial score (nSPS) is 21.2. The van der Waals surface area contributed by atoms with Crippen LogP contribution < -0.4 is 10.6 Å². The lowest BCUT2D eigenvalue weighted by Crippen LogP contribution is -2.31. The van der Waals surface area contributed by atoms with Gasteiger partial charge in [-0.2, -0.15) is 0 Å². The molecule has 90 valence electrons. The largest absolute Gasteiger partial charge is 0.316 e. The molecule has 1 aliphatic heterocycles. The summed E-state index contributed by atoms with van der Waals surface area (Å²) in [7, 11) is 0. The van der Waals surface area contributed by atoms with Crippen LogP contribution in [0, 0.1) is 12.8 Å². The van der Waals surface area contributed by atoms with Crippen LogP contribution in [0.15, 0.2) is 12.1 Å². The van der Waals surface area contributed by atoms with E-state index in [2.05, 4.69) is 29.7 Å². The van der Waals surface area contributed by atoms with E-state index in [1.165, 1.54) is 42.1 Å². The smallest absolute Gasteiger partial charge is 0.0299 e. The third-order valence-electron chi connectivity index (χ3n) is 3.22. The third-order valence-corrected chi connectivity index (χ3v) is 4.22. The molecule has 1 fully saturated rings. The molecule has 2 nitrogen and oxygen atoms in total.